The fourth-order valence-corrected chi connectivity index (χ4v) is 3.20. The number of hydrogen-bond donors (Lipinski definition) is 1. The van der Waals surface area contributed by atoms with E-state index < -0.39 is 0 Å². The molecule has 1 aromatic rings. The lowest BCUT2D eigenvalue weighted by Crippen LogP contribution is -2.62. The predicted molar refractivity (Wildman–Crippen MR) is 80.3 cm³/mol. The molecule has 6 nitrogen and oxygen atoms in total. The van der Waals surface area contributed by atoms with Gasteiger partial charge in [0.25, 0.3) is 5.24 Å². The number of imide groups is 1. The standard InChI is InChI=1S/C14H15N3O3S/c1-9-3-2-4-10(5-9)15-13(19)16-6-11(7-16)17-12(18)8-21-14(17)20/h2-5,11H,6-8H2,1H3,(H,15,19). The number of thioether (sulfide) groups is 1. The predicted octanol–water partition coefficient (Wildman–Crippen LogP) is 1.91. The Morgan fingerprint density at radius 3 is 2.71 bits per heavy atom. The van der Waals surface area contributed by atoms with Crippen LogP contribution in [0.1, 0.15) is 5.56 Å². The van der Waals surface area contributed by atoms with E-state index in [-0.39, 0.29) is 29.0 Å². The van der Waals surface area contributed by atoms with Crippen LogP contribution in [0.2, 0.25) is 0 Å². The van der Waals surface area contributed by atoms with Gasteiger partial charge in [-0.2, -0.15) is 0 Å². The lowest BCUT2D eigenvalue weighted by molar-refractivity contribution is -0.128. The topological polar surface area (TPSA) is 69.7 Å². The zero-order valence-electron chi connectivity index (χ0n) is 11.5. The summed E-state index contributed by atoms with van der Waals surface area (Å²) in [7, 11) is 0. The quantitative estimate of drug-likeness (QED) is 0.906. The van der Waals surface area contributed by atoms with Crippen molar-refractivity contribution < 1.29 is 14.4 Å². The third-order valence-electron chi connectivity index (χ3n) is 3.57. The second-order valence-corrected chi connectivity index (χ2v) is 6.10. The van der Waals surface area contributed by atoms with Crippen molar-refractivity contribution in [2.24, 2.45) is 0 Å². The fraction of sp³-hybridized carbons (Fsp3) is 0.357. The highest BCUT2D eigenvalue weighted by Crippen LogP contribution is 2.26. The fourth-order valence-electron chi connectivity index (χ4n) is 2.43. The van der Waals surface area contributed by atoms with E-state index in [0.717, 1.165) is 23.0 Å². The lowest BCUT2D eigenvalue weighted by Gasteiger charge is -2.42. The molecule has 21 heavy (non-hydrogen) atoms. The molecule has 2 aliphatic rings. The zero-order chi connectivity index (χ0) is 15.0. The molecule has 0 radical (unpaired) electrons. The van der Waals surface area contributed by atoms with E-state index in [1.165, 1.54) is 4.90 Å². The summed E-state index contributed by atoms with van der Waals surface area (Å²) in [5, 5.41) is 2.61. The smallest absolute Gasteiger partial charge is 0.320 e. The van der Waals surface area contributed by atoms with Gasteiger partial charge in [-0.15, -0.1) is 0 Å². The van der Waals surface area contributed by atoms with Crippen LogP contribution >= 0.6 is 11.8 Å². The van der Waals surface area contributed by atoms with Crippen LogP contribution in [0.3, 0.4) is 0 Å². The Balaban J connectivity index is 1.55. The Morgan fingerprint density at radius 1 is 1.33 bits per heavy atom. The minimum atomic E-state index is -0.205. The van der Waals surface area contributed by atoms with Crippen LogP contribution in [-0.4, -0.2) is 51.9 Å². The molecule has 0 atom stereocenters. The van der Waals surface area contributed by atoms with Crippen LogP contribution in [0.15, 0.2) is 24.3 Å². The molecule has 0 saturated carbocycles. The van der Waals surface area contributed by atoms with Crippen molar-refractivity contribution in [1.29, 1.82) is 0 Å². The summed E-state index contributed by atoms with van der Waals surface area (Å²) in [5.41, 5.74) is 1.81. The highest BCUT2D eigenvalue weighted by atomic mass is 32.2. The molecule has 2 heterocycles. The van der Waals surface area contributed by atoms with Gasteiger partial charge in [0, 0.05) is 18.8 Å². The molecule has 2 saturated heterocycles. The molecule has 1 aromatic carbocycles. The summed E-state index contributed by atoms with van der Waals surface area (Å²) in [6, 6.07) is 7.16. The third kappa shape index (κ3) is 2.73. The molecule has 110 valence electrons. The van der Waals surface area contributed by atoms with Crippen molar-refractivity contribution in [1.82, 2.24) is 9.80 Å². The van der Waals surface area contributed by atoms with E-state index in [1.54, 1.807) is 4.90 Å². The summed E-state index contributed by atoms with van der Waals surface area (Å²) in [6.45, 7) is 2.75. The summed E-state index contributed by atoms with van der Waals surface area (Å²) in [6.07, 6.45) is 0. The van der Waals surface area contributed by atoms with E-state index in [4.69, 9.17) is 0 Å². The SMILES string of the molecule is Cc1cccc(NC(=O)N2CC(N3C(=O)CSC3=O)C2)c1. The number of aryl methyl sites for hydroxylation is 1. The van der Waals surface area contributed by atoms with Crippen molar-refractivity contribution in [3.63, 3.8) is 0 Å². The molecule has 4 amide bonds. The Hall–Kier alpha value is -2.02. The number of amides is 4. The maximum atomic E-state index is 12.1. The normalized spacial score (nSPS) is 18.9. The monoisotopic (exact) mass is 305 g/mol. The van der Waals surface area contributed by atoms with Gasteiger partial charge in [-0.05, 0) is 24.6 Å². The van der Waals surface area contributed by atoms with E-state index in [1.807, 2.05) is 31.2 Å². The first-order valence-corrected chi connectivity index (χ1v) is 7.64. The van der Waals surface area contributed by atoms with Gasteiger partial charge in [-0.3, -0.25) is 14.5 Å². The van der Waals surface area contributed by atoms with Crippen molar-refractivity contribution >= 4 is 34.6 Å². The molecule has 2 aliphatic heterocycles. The molecule has 0 aromatic heterocycles. The molecular formula is C14H15N3O3S. The maximum absolute atomic E-state index is 12.1. The lowest BCUT2D eigenvalue weighted by atomic mass is 10.1. The highest BCUT2D eigenvalue weighted by molar-refractivity contribution is 8.14. The summed E-state index contributed by atoms with van der Waals surface area (Å²) < 4.78 is 0. The third-order valence-corrected chi connectivity index (χ3v) is 4.40. The van der Waals surface area contributed by atoms with E-state index in [9.17, 15) is 14.4 Å². The highest BCUT2D eigenvalue weighted by Gasteiger charge is 2.43. The Morgan fingerprint density at radius 2 is 2.10 bits per heavy atom. The number of urea groups is 1. The Bertz CT molecular complexity index is 597. The van der Waals surface area contributed by atoms with Crippen LogP contribution in [0.25, 0.3) is 0 Å². The molecular weight excluding hydrogens is 290 g/mol. The Labute approximate surface area is 126 Å². The minimum absolute atomic E-state index is 0.159. The molecule has 2 fully saturated rings. The first kappa shape index (κ1) is 13.9. The van der Waals surface area contributed by atoms with Crippen LogP contribution in [0.5, 0.6) is 0 Å². The summed E-state index contributed by atoms with van der Waals surface area (Å²) in [4.78, 5) is 38.1. The molecule has 1 N–H and O–H groups in total. The maximum Gasteiger partial charge on any atom is 0.321 e. The van der Waals surface area contributed by atoms with Gasteiger partial charge in [0.2, 0.25) is 5.91 Å². The van der Waals surface area contributed by atoms with Gasteiger partial charge in [0.15, 0.2) is 0 Å². The van der Waals surface area contributed by atoms with Gasteiger partial charge < -0.3 is 10.2 Å². The Kier molecular flexibility index (Phi) is 3.59. The van der Waals surface area contributed by atoms with Crippen LogP contribution in [-0.2, 0) is 4.79 Å². The molecule has 0 bridgehead atoms. The van der Waals surface area contributed by atoms with Crippen LogP contribution in [0, 0.1) is 6.92 Å². The molecule has 0 unspecified atom stereocenters. The molecule has 3 rings (SSSR count). The van der Waals surface area contributed by atoms with Gasteiger partial charge in [-0.25, -0.2) is 4.79 Å². The summed E-state index contributed by atoms with van der Waals surface area (Å²) >= 11 is 1.02. The van der Waals surface area contributed by atoms with Gasteiger partial charge in [-0.1, -0.05) is 23.9 Å². The van der Waals surface area contributed by atoms with E-state index in [0.29, 0.717) is 13.1 Å². The zero-order valence-corrected chi connectivity index (χ0v) is 12.4. The van der Waals surface area contributed by atoms with E-state index in [2.05, 4.69) is 5.32 Å². The van der Waals surface area contributed by atoms with Crippen LogP contribution in [0.4, 0.5) is 15.3 Å². The molecule has 0 aliphatic carbocycles. The van der Waals surface area contributed by atoms with Crippen molar-refractivity contribution in [3.8, 4) is 0 Å². The van der Waals surface area contributed by atoms with Crippen molar-refractivity contribution in [3.05, 3.63) is 29.8 Å². The first-order chi connectivity index (χ1) is 10.0. The van der Waals surface area contributed by atoms with Crippen LogP contribution < -0.4 is 5.32 Å². The number of hydrogen-bond acceptors (Lipinski definition) is 4. The average Bonchev–Trinajstić information content (AvgIpc) is 2.69. The molecule has 0 spiro atoms. The number of nitrogens with zero attached hydrogens (tertiary/aromatic N) is 2. The minimum Gasteiger partial charge on any atom is -0.320 e. The number of anilines is 1. The number of likely N-dealkylation sites (tertiary alicyclic amines) is 1. The second-order valence-electron chi connectivity index (χ2n) is 5.18. The largest absolute Gasteiger partial charge is 0.321 e. The number of carbonyl (C=O) groups excluding carboxylic acids is 3. The van der Waals surface area contributed by atoms with Gasteiger partial charge >= 0.3 is 6.03 Å². The average molecular weight is 305 g/mol. The number of rotatable bonds is 2. The molecule has 7 heteroatoms. The second kappa shape index (κ2) is 5.40. The van der Waals surface area contributed by atoms with Crippen molar-refractivity contribution in [2.45, 2.75) is 13.0 Å². The van der Waals surface area contributed by atoms with E-state index >= 15 is 0 Å². The number of benzene rings is 1. The van der Waals surface area contributed by atoms with Crippen molar-refractivity contribution in [2.75, 3.05) is 24.2 Å². The van der Waals surface area contributed by atoms with Gasteiger partial charge in [0.1, 0.15) is 0 Å². The number of carbonyl (C=O) groups is 3. The summed E-state index contributed by atoms with van der Waals surface area (Å²) in [5.74, 6) is 0.0545. The first-order valence-electron chi connectivity index (χ1n) is 6.66. The number of nitrogens with one attached hydrogen (secondary N) is 1. The van der Waals surface area contributed by atoms with Gasteiger partial charge in [0.05, 0.1) is 11.8 Å².